The lowest BCUT2D eigenvalue weighted by Crippen LogP contribution is -2.05. The summed E-state index contributed by atoms with van der Waals surface area (Å²) in [5, 5.41) is 2.86. The van der Waals surface area contributed by atoms with Crippen molar-refractivity contribution >= 4 is 17.7 Å². The maximum atomic E-state index is 11.6. The molecular formula is C22H21N3O2. The number of nitrogens with one attached hydrogen (secondary N) is 1. The van der Waals surface area contributed by atoms with Gasteiger partial charge >= 0.3 is 0 Å². The van der Waals surface area contributed by atoms with E-state index in [0.717, 1.165) is 11.1 Å². The van der Waals surface area contributed by atoms with Gasteiger partial charge in [0.2, 0.25) is 5.91 Å². The van der Waals surface area contributed by atoms with Crippen molar-refractivity contribution in [2.45, 2.75) is 32.1 Å². The summed E-state index contributed by atoms with van der Waals surface area (Å²) >= 11 is 0. The summed E-state index contributed by atoms with van der Waals surface area (Å²) in [4.78, 5) is 19.6. The third-order valence-corrected chi connectivity index (χ3v) is 4.53. The Balaban J connectivity index is 1.57. The van der Waals surface area contributed by atoms with Crippen LogP contribution in [-0.4, -0.2) is 15.9 Å². The molecule has 1 fully saturated rings. The topological polar surface area (TPSA) is 68.0 Å². The van der Waals surface area contributed by atoms with E-state index in [0.29, 0.717) is 29.5 Å². The van der Waals surface area contributed by atoms with Crippen LogP contribution in [0, 0.1) is 0 Å². The van der Waals surface area contributed by atoms with E-state index < -0.39 is 0 Å². The summed E-state index contributed by atoms with van der Waals surface area (Å²) in [7, 11) is 0. The first kappa shape index (κ1) is 17.2. The molecule has 0 radical (unpaired) electrons. The first-order chi connectivity index (χ1) is 13.2. The van der Waals surface area contributed by atoms with Gasteiger partial charge in [-0.25, -0.2) is 9.97 Å². The molecule has 0 saturated heterocycles. The van der Waals surface area contributed by atoms with Crippen LogP contribution in [0.1, 0.15) is 42.6 Å². The summed E-state index contributed by atoms with van der Waals surface area (Å²) in [6.45, 7) is 1.50. The van der Waals surface area contributed by atoms with Crippen molar-refractivity contribution < 1.29 is 9.21 Å². The minimum absolute atomic E-state index is 0.122. The van der Waals surface area contributed by atoms with Gasteiger partial charge in [-0.1, -0.05) is 30.3 Å². The minimum Gasteiger partial charge on any atom is -0.454 e. The second-order valence-electron chi connectivity index (χ2n) is 6.82. The van der Waals surface area contributed by atoms with Crippen molar-refractivity contribution in [2.24, 2.45) is 0 Å². The summed E-state index contributed by atoms with van der Waals surface area (Å²) in [5.41, 5.74) is 4.04. The molecule has 136 valence electrons. The highest BCUT2D eigenvalue weighted by atomic mass is 16.3. The van der Waals surface area contributed by atoms with E-state index in [1.165, 1.54) is 31.7 Å². The quantitative estimate of drug-likeness (QED) is 0.684. The standard InChI is InChI=1S/C22H21N3O2/c1-15(26)25-21-11-20(4-2-3-16-12-23-14-24-13-16)27-22(21)19-9-7-18(8-10-19)17-5-6-17/h2,4,7-14,17H,3,5-6H2,1H3,(H,25,26)/b4-2+. The minimum atomic E-state index is -0.122. The zero-order valence-electron chi connectivity index (χ0n) is 15.2. The molecule has 0 aliphatic heterocycles. The lowest BCUT2D eigenvalue weighted by molar-refractivity contribution is -0.114. The number of allylic oxidation sites excluding steroid dienone is 1. The molecule has 0 bridgehead atoms. The van der Waals surface area contributed by atoms with Crippen LogP contribution in [0.2, 0.25) is 0 Å². The van der Waals surface area contributed by atoms with E-state index in [-0.39, 0.29) is 5.91 Å². The van der Waals surface area contributed by atoms with Crippen molar-refractivity contribution in [1.82, 2.24) is 9.97 Å². The molecule has 1 N–H and O–H groups in total. The number of rotatable bonds is 6. The molecule has 0 unspecified atom stereocenters. The summed E-state index contributed by atoms with van der Waals surface area (Å²) in [6, 6.07) is 10.3. The highest BCUT2D eigenvalue weighted by Gasteiger charge is 2.23. The maximum Gasteiger partial charge on any atom is 0.221 e. The number of carbonyl (C=O) groups is 1. The van der Waals surface area contributed by atoms with E-state index in [2.05, 4.69) is 39.6 Å². The Morgan fingerprint density at radius 1 is 1.22 bits per heavy atom. The van der Waals surface area contributed by atoms with Gasteiger partial charge in [-0.3, -0.25) is 4.79 Å². The van der Waals surface area contributed by atoms with E-state index >= 15 is 0 Å². The monoisotopic (exact) mass is 359 g/mol. The molecule has 1 saturated carbocycles. The third kappa shape index (κ3) is 4.31. The molecule has 1 aliphatic carbocycles. The fraction of sp³-hybridized carbons (Fsp3) is 0.227. The van der Waals surface area contributed by atoms with E-state index in [1.54, 1.807) is 12.4 Å². The Kier molecular flexibility index (Phi) is 4.83. The van der Waals surface area contributed by atoms with Gasteiger partial charge in [-0.15, -0.1) is 0 Å². The van der Waals surface area contributed by atoms with Gasteiger partial charge in [0.15, 0.2) is 5.76 Å². The van der Waals surface area contributed by atoms with Gasteiger partial charge in [0, 0.05) is 30.9 Å². The van der Waals surface area contributed by atoms with Crippen molar-refractivity contribution in [2.75, 3.05) is 5.32 Å². The Morgan fingerprint density at radius 3 is 2.63 bits per heavy atom. The van der Waals surface area contributed by atoms with Crippen LogP contribution in [0.4, 0.5) is 5.69 Å². The number of furan rings is 1. The summed E-state index contributed by atoms with van der Waals surface area (Å²) in [5.74, 6) is 1.96. The van der Waals surface area contributed by atoms with Gasteiger partial charge in [0.25, 0.3) is 0 Å². The fourth-order valence-electron chi connectivity index (χ4n) is 3.06. The average Bonchev–Trinajstić information content (AvgIpc) is 3.45. The second-order valence-corrected chi connectivity index (χ2v) is 6.82. The Bertz CT molecular complexity index is 955. The number of amides is 1. The molecule has 1 aliphatic rings. The van der Waals surface area contributed by atoms with Crippen molar-refractivity contribution in [1.29, 1.82) is 0 Å². The molecule has 1 amide bonds. The van der Waals surface area contributed by atoms with E-state index in [1.807, 2.05) is 18.2 Å². The molecule has 1 aromatic carbocycles. The van der Waals surface area contributed by atoms with Crippen molar-refractivity contribution in [3.63, 3.8) is 0 Å². The SMILES string of the molecule is CC(=O)Nc1cc(/C=C/Cc2cncnc2)oc1-c1ccc(C2CC2)cc1. The molecule has 0 atom stereocenters. The van der Waals surface area contributed by atoms with Gasteiger partial charge in [0.1, 0.15) is 12.1 Å². The average molecular weight is 359 g/mol. The molecular weight excluding hydrogens is 338 g/mol. The largest absolute Gasteiger partial charge is 0.454 e. The van der Waals surface area contributed by atoms with E-state index in [9.17, 15) is 4.79 Å². The molecule has 4 rings (SSSR count). The number of carbonyl (C=O) groups excluding carboxylic acids is 1. The van der Waals surface area contributed by atoms with E-state index in [4.69, 9.17) is 4.42 Å². The van der Waals surface area contributed by atoms with Gasteiger partial charge in [-0.2, -0.15) is 0 Å². The first-order valence-corrected chi connectivity index (χ1v) is 9.11. The van der Waals surface area contributed by atoms with Crippen molar-refractivity contribution in [3.8, 4) is 11.3 Å². The van der Waals surface area contributed by atoms with Crippen LogP contribution in [-0.2, 0) is 11.2 Å². The Hall–Kier alpha value is -3.21. The number of benzene rings is 1. The molecule has 27 heavy (non-hydrogen) atoms. The number of aromatic nitrogens is 2. The molecule has 5 nitrogen and oxygen atoms in total. The van der Waals surface area contributed by atoms with Crippen LogP contribution < -0.4 is 5.32 Å². The van der Waals surface area contributed by atoms with Crippen LogP contribution in [0.5, 0.6) is 0 Å². The summed E-state index contributed by atoms with van der Waals surface area (Å²) in [6.07, 6.45) is 12.2. The van der Waals surface area contributed by atoms with Crippen molar-refractivity contribution in [3.05, 3.63) is 72.0 Å². The maximum absolute atomic E-state index is 11.6. The lowest BCUT2D eigenvalue weighted by Gasteiger charge is -2.04. The predicted octanol–water partition coefficient (Wildman–Crippen LogP) is 4.83. The fourth-order valence-corrected chi connectivity index (χ4v) is 3.06. The van der Waals surface area contributed by atoms with Crippen LogP contribution in [0.15, 0.2) is 59.5 Å². The predicted molar refractivity (Wildman–Crippen MR) is 105 cm³/mol. The molecule has 3 aromatic rings. The third-order valence-electron chi connectivity index (χ3n) is 4.53. The number of nitrogens with zero attached hydrogens (tertiary/aromatic N) is 2. The van der Waals surface area contributed by atoms with Gasteiger partial charge < -0.3 is 9.73 Å². The van der Waals surface area contributed by atoms with Crippen LogP contribution in [0.25, 0.3) is 17.4 Å². The highest BCUT2D eigenvalue weighted by Crippen LogP contribution is 2.41. The highest BCUT2D eigenvalue weighted by molar-refractivity contribution is 5.93. The lowest BCUT2D eigenvalue weighted by atomic mass is 10.1. The Labute approximate surface area is 158 Å². The number of anilines is 1. The molecule has 2 aromatic heterocycles. The molecule has 2 heterocycles. The zero-order chi connectivity index (χ0) is 18.6. The number of hydrogen-bond donors (Lipinski definition) is 1. The molecule has 0 spiro atoms. The first-order valence-electron chi connectivity index (χ1n) is 9.11. The van der Waals surface area contributed by atoms with Gasteiger partial charge in [-0.05, 0) is 42.4 Å². The zero-order valence-corrected chi connectivity index (χ0v) is 15.2. The normalized spacial score (nSPS) is 13.8. The number of hydrogen-bond acceptors (Lipinski definition) is 4. The summed E-state index contributed by atoms with van der Waals surface area (Å²) < 4.78 is 6.02. The molecule has 5 heteroatoms. The van der Waals surface area contributed by atoms with Gasteiger partial charge in [0.05, 0.1) is 5.69 Å². The Morgan fingerprint density at radius 2 is 1.96 bits per heavy atom. The second kappa shape index (κ2) is 7.58. The van der Waals surface area contributed by atoms with Crippen LogP contribution >= 0.6 is 0 Å². The smallest absolute Gasteiger partial charge is 0.221 e. The van der Waals surface area contributed by atoms with Crippen LogP contribution in [0.3, 0.4) is 0 Å².